The molecule has 0 saturated carbocycles. The predicted molar refractivity (Wildman–Crippen MR) is 121 cm³/mol. The second-order valence-electron chi connectivity index (χ2n) is 8.97. The molecule has 6 heteroatoms. The number of benzene rings is 2. The van der Waals surface area contributed by atoms with Gasteiger partial charge in [-0.15, -0.1) is 0 Å². The molecule has 3 aromatic rings. The third-order valence-corrected chi connectivity index (χ3v) is 7.12. The molecular weight excluding hydrogens is 402 g/mol. The molecule has 0 unspecified atom stereocenters. The van der Waals surface area contributed by atoms with Gasteiger partial charge < -0.3 is 19.9 Å². The van der Waals surface area contributed by atoms with Crippen LogP contribution in [0.4, 0.5) is 0 Å². The van der Waals surface area contributed by atoms with Crippen molar-refractivity contribution in [2.45, 2.75) is 24.7 Å². The molecule has 6 rings (SSSR count). The highest BCUT2D eigenvalue weighted by atomic mass is 16.5. The lowest BCUT2D eigenvalue weighted by molar-refractivity contribution is -0.137. The number of carbonyl (C=O) groups excluding carboxylic acids is 2. The number of fused-ring (bicyclic) bond motifs is 2. The molecule has 2 aromatic carbocycles. The van der Waals surface area contributed by atoms with Crippen LogP contribution >= 0.6 is 0 Å². The first kappa shape index (κ1) is 19.3. The fourth-order valence-corrected chi connectivity index (χ4v) is 5.56. The van der Waals surface area contributed by atoms with Gasteiger partial charge in [0.05, 0.1) is 24.5 Å². The highest BCUT2D eigenvalue weighted by Crippen LogP contribution is 2.51. The molecule has 3 aliphatic rings. The van der Waals surface area contributed by atoms with Crippen LogP contribution in [0.3, 0.4) is 0 Å². The van der Waals surface area contributed by atoms with E-state index in [-0.39, 0.29) is 17.9 Å². The Morgan fingerprint density at radius 2 is 1.97 bits per heavy atom. The maximum atomic E-state index is 13.4. The molecule has 162 valence electrons. The number of hydrogen-bond donors (Lipinski definition) is 2. The van der Waals surface area contributed by atoms with Crippen molar-refractivity contribution in [1.29, 1.82) is 0 Å². The maximum Gasteiger partial charge on any atom is 0.230 e. The molecule has 1 aromatic heterocycles. The van der Waals surface area contributed by atoms with Gasteiger partial charge in [-0.2, -0.15) is 0 Å². The number of nitrogens with zero attached hydrogens (tertiary/aromatic N) is 1. The van der Waals surface area contributed by atoms with Crippen LogP contribution in [0, 0.1) is 11.8 Å². The van der Waals surface area contributed by atoms with Crippen LogP contribution in [0.2, 0.25) is 0 Å². The van der Waals surface area contributed by atoms with Crippen molar-refractivity contribution >= 4 is 22.7 Å². The van der Waals surface area contributed by atoms with E-state index >= 15 is 0 Å². The number of aromatic amines is 1. The molecule has 1 spiro atoms. The number of para-hydroxylation sites is 1. The number of nitrogens with one attached hydrogen (secondary N) is 2. The van der Waals surface area contributed by atoms with Crippen LogP contribution in [-0.2, 0) is 27.3 Å². The number of carbonyl (C=O) groups is 2. The Morgan fingerprint density at radius 3 is 2.84 bits per heavy atom. The standard InChI is InChI=1S/C26H25N3O3/c30-24(28-14-17-6-2-1-3-7-17)22-21-10-12-26(32-21)16-29(25(31)23(22)26)13-11-18-15-27-20-9-5-4-8-19(18)20/h1-10,12,15,21-23,27H,11,13-14,16H2,(H,28,30)/t21-,22+,23+,26+/m1/s1. The summed E-state index contributed by atoms with van der Waals surface area (Å²) in [7, 11) is 0. The van der Waals surface area contributed by atoms with Crippen molar-refractivity contribution in [3.05, 3.63) is 84.1 Å². The first-order valence-electron chi connectivity index (χ1n) is 11.2. The SMILES string of the molecule is O=C(NCc1ccccc1)[C@@H]1[C@H]2C(=O)N(CCc3c[nH]c4ccccc34)C[C@@]23C=C[C@H]1O3. The average molecular weight is 428 g/mol. The van der Waals surface area contributed by atoms with Gasteiger partial charge in [0, 0.05) is 30.2 Å². The van der Waals surface area contributed by atoms with E-state index in [2.05, 4.69) is 22.4 Å². The van der Waals surface area contributed by atoms with E-state index in [1.165, 1.54) is 10.9 Å². The van der Waals surface area contributed by atoms with Gasteiger partial charge in [-0.3, -0.25) is 9.59 Å². The molecule has 2 fully saturated rings. The molecule has 0 aliphatic carbocycles. The van der Waals surface area contributed by atoms with E-state index in [1.54, 1.807) is 0 Å². The Balaban J connectivity index is 1.17. The molecule has 2 saturated heterocycles. The first-order chi connectivity index (χ1) is 15.6. The summed E-state index contributed by atoms with van der Waals surface area (Å²) in [5, 5.41) is 4.20. The van der Waals surface area contributed by atoms with E-state index in [0.717, 1.165) is 17.5 Å². The van der Waals surface area contributed by atoms with Crippen molar-refractivity contribution in [1.82, 2.24) is 15.2 Å². The van der Waals surface area contributed by atoms with Crippen LogP contribution < -0.4 is 5.32 Å². The molecular formula is C26H25N3O3. The minimum Gasteiger partial charge on any atom is -0.361 e. The molecule has 6 nitrogen and oxygen atoms in total. The normalized spacial score (nSPS) is 27.9. The summed E-state index contributed by atoms with van der Waals surface area (Å²) in [4.78, 5) is 31.7. The topological polar surface area (TPSA) is 74.4 Å². The quantitative estimate of drug-likeness (QED) is 0.594. The fourth-order valence-electron chi connectivity index (χ4n) is 5.56. The molecule has 0 radical (unpaired) electrons. The Kier molecular flexibility index (Phi) is 4.43. The summed E-state index contributed by atoms with van der Waals surface area (Å²) < 4.78 is 6.24. The number of likely N-dealkylation sites (tertiary alicyclic amines) is 1. The molecule has 2 N–H and O–H groups in total. The van der Waals surface area contributed by atoms with Crippen LogP contribution in [0.1, 0.15) is 11.1 Å². The van der Waals surface area contributed by atoms with Crippen molar-refractivity contribution < 1.29 is 14.3 Å². The van der Waals surface area contributed by atoms with Crippen LogP contribution in [0.25, 0.3) is 10.9 Å². The zero-order valence-corrected chi connectivity index (χ0v) is 17.7. The van der Waals surface area contributed by atoms with Crippen molar-refractivity contribution in [3.63, 3.8) is 0 Å². The Hall–Kier alpha value is -3.38. The van der Waals surface area contributed by atoms with E-state index in [9.17, 15) is 9.59 Å². The van der Waals surface area contributed by atoms with Gasteiger partial charge in [-0.05, 0) is 23.6 Å². The number of aromatic nitrogens is 1. The highest BCUT2D eigenvalue weighted by Gasteiger charge is 2.66. The lowest BCUT2D eigenvalue weighted by Gasteiger charge is -2.23. The molecule has 2 bridgehead atoms. The average Bonchev–Trinajstić information content (AvgIpc) is 3.56. The number of ether oxygens (including phenoxy) is 1. The third kappa shape index (κ3) is 2.98. The molecule has 32 heavy (non-hydrogen) atoms. The summed E-state index contributed by atoms with van der Waals surface area (Å²) in [5.41, 5.74) is 2.66. The second kappa shape index (κ2) is 7.35. The number of amides is 2. The second-order valence-corrected chi connectivity index (χ2v) is 8.97. The summed E-state index contributed by atoms with van der Waals surface area (Å²) >= 11 is 0. The minimum atomic E-state index is -0.670. The van der Waals surface area contributed by atoms with Crippen LogP contribution in [0.15, 0.2) is 72.9 Å². The van der Waals surface area contributed by atoms with Crippen LogP contribution in [-0.4, -0.2) is 46.5 Å². The lowest BCUT2D eigenvalue weighted by atomic mass is 9.77. The summed E-state index contributed by atoms with van der Waals surface area (Å²) in [6, 6.07) is 18.0. The Bertz CT molecular complexity index is 1220. The smallest absolute Gasteiger partial charge is 0.230 e. The Labute approximate surface area is 186 Å². The van der Waals surface area contributed by atoms with Gasteiger partial charge >= 0.3 is 0 Å². The van der Waals surface area contributed by atoms with Gasteiger partial charge in [0.1, 0.15) is 5.60 Å². The monoisotopic (exact) mass is 427 g/mol. The summed E-state index contributed by atoms with van der Waals surface area (Å²) in [6.45, 7) is 1.57. The van der Waals surface area contributed by atoms with Crippen molar-refractivity contribution in [2.75, 3.05) is 13.1 Å². The van der Waals surface area contributed by atoms with Crippen LogP contribution in [0.5, 0.6) is 0 Å². The van der Waals surface area contributed by atoms with Gasteiger partial charge in [-0.25, -0.2) is 0 Å². The zero-order valence-electron chi connectivity index (χ0n) is 17.7. The molecule has 4 atom stereocenters. The van der Waals surface area contributed by atoms with Gasteiger partial charge in [0.2, 0.25) is 11.8 Å². The van der Waals surface area contributed by atoms with E-state index in [1.807, 2.05) is 65.7 Å². The largest absolute Gasteiger partial charge is 0.361 e. The molecule has 4 heterocycles. The summed E-state index contributed by atoms with van der Waals surface area (Å²) in [5.74, 6) is -1.01. The third-order valence-electron chi connectivity index (χ3n) is 7.12. The van der Waals surface area contributed by atoms with E-state index in [0.29, 0.717) is 19.6 Å². The lowest BCUT2D eigenvalue weighted by Crippen LogP contribution is -2.44. The minimum absolute atomic E-state index is 0.0246. The molecule has 2 amide bonds. The highest BCUT2D eigenvalue weighted by molar-refractivity contribution is 5.93. The summed E-state index contributed by atoms with van der Waals surface area (Å²) in [6.07, 6.45) is 6.42. The number of rotatable bonds is 6. The van der Waals surface area contributed by atoms with Crippen molar-refractivity contribution in [2.24, 2.45) is 11.8 Å². The van der Waals surface area contributed by atoms with Gasteiger partial charge in [0.15, 0.2) is 0 Å². The zero-order chi connectivity index (χ0) is 21.7. The van der Waals surface area contributed by atoms with E-state index in [4.69, 9.17) is 4.74 Å². The van der Waals surface area contributed by atoms with Gasteiger partial charge in [0.25, 0.3) is 0 Å². The number of hydrogen-bond acceptors (Lipinski definition) is 3. The molecule has 3 aliphatic heterocycles. The fraction of sp³-hybridized carbons (Fsp3) is 0.308. The Morgan fingerprint density at radius 1 is 1.16 bits per heavy atom. The first-order valence-corrected chi connectivity index (χ1v) is 11.2. The maximum absolute atomic E-state index is 13.4. The predicted octanol–water partition coefficient (Wildman–Crippen LogP) is 2.81. The van der Waals surface area contributed by atoms with E-state index < -0.39 is 17.4 Å². The van der Waals surface area contributed by atoms with Crippen molar-refractivity contribution in [3.8, 4) is 0 Å². The van der Waals surface area contributed by atoms with Gasteiger partial charge in [-0.1, -0.05) is 60.7 Å². The number of H-pyrrole nitrogens is 1.